The molecule has 1 aromatic heterocycles. The zero-order chi connectivity index (χ0) is 16.5. The molecule has 0 aliphatic rings. The molecule has 0 fully saturated rings. The van der Waals surface area contributed by atoms with Gasteiger partial charge in [0.05, 0.1) is 11.3 Å². The maximum Gasteiger partial charge on any atom is 0.416 e. The second kappa shape index (κ2) is 5.82. The molecule has 118 valence electrons. The van der Waals surface area contributed by atoms with Crippen LogP contribution in [-0.2, 0) is 6.18 Å². The highest BCUT2D eigenvalue weighted by molar-refractivity contribution is 5.78. The summed E-state index contributed by atoms with van der Waals surface area (Å²) in [5.74, 6) is 0.270. The number of aryl methyl sites for hydroxylation is 1. The van der Waals surface area contributed by atoms with E-state index in [4.69, 9.17) is 5.73 Å². The quantitative estimate of drug-likeness (QED) is 0.903. The number of nitrogen functional groups attached to an aromatic ring is 1. The lowest BCUT2D eigenvalue weighted by molar-refractivity contribution is -0.137. The largest absolute Gasteiger partial charge is 0.416 e. The lowest BCUT2D eigenvalue weighted by atomic mass is 10.0. The molecule has 22 heavy (non-hydrogen) atoms. The number of benzene rings is 1. The minimum absolute atomic E-state index is 0.0238. The Balaban J connectivity index is 2.59. The Kier molecular flexibility index (Phi) is 4.25. The lowest BCUT2D eigenvalue weighted by Crippen LogP contribution is -2.13. The molecular formula is C15H17F3N4. The first-order valence-electron chi connectivity index (χ1n) is 6.76. The summed E-state index contributed by atoms with van der Waals surface area (Å²) in [5.41, 5.74) is 7.04. The van der Waals surface area contributed by atoms with E-state index in [9.17, 15) is 13.2 Å². The first kappa shape index (κ1) is 16.1. The number of rotatable bonds is 3. The van der Waals surface area contributed by atoms with Crippen molar-refractivity contribution in [3.63, 3.8) is 0 Å². The van der Waals surface area contributed by atoms with E-state index < -0.39 is 11.7 Å². The van der Waals surface area contributed by atoms with Gasteiger partial charge in [0.15, 0.2) is 0 Å². The second-order valence-electron chi connectivity index (χ2n) is 5.36. The van der Waals surface area contributed by atoms with Gasteiger partial charge in [0.2, 0.25) is 0 Å². The van der Waals surface area contributed by atoms with Gasteiger partial charge in [-0.15, -0.1) is 10.2 Å². The van der Waals surface area contributed by atoms with E-state index in [0.29, 0.717) is 16.9 Å². The third kappa shape index (κ3) is 3.47. The van der Waals surface area contributed by atoms with Gasteiger partial charge in [-0.3, -0.25) is 0 Å². The molecule has 2 aromatic rings. The van der Waals surface area contributed by atoms with E-state index in [-0.39, 0.29) is 11.9 Å². The van der Waals surface area contributed by atoms with Crippen LogP contribution in [-0.4, -0.2) is 16.2 Å². The van der Waals surface area contributed by atoms with Gasteiger partial charge in [0, 0.05) is 17.3 Å². The third-order valence-electron chi connectivity index (χ3n) is 3.05. The molecule has 0 bridgehead atoms. The lowest BCUT2D eigenvalue weighted by Gasteiger charge is -2.18. The first-order valence-corrected chi connectivity index (χ1v) is 6.76. The monoisotopic (exact) mass is 310 g/mol. The van der Waals surface area contributed by atoms with Gasteiger partial charge in [-0.1, -0.05) is 6.07 Å². The van der Waals surface area contributed by atoms with Crippen molar-refractivity contribution < 1.29 is 13.2 Å². The molecule has 0 spiro atoms. The number of aromatic nitrogens is 2. The van der Waals surface area contributed by atoms with Gasteiger partial charge in [-0.2, -0.15) is 13.2 Å². The van der Waals surface area contributed by atoms with Gasteiger partial charge in [0.25, 0.3) is 0 Å². The Hall–Kier alpha value is -2.31. The van der Waals surface area contributed by atoms with Crippen LogP contribution in [0.5, 0.6) is 0 Å². The minimum atomic E-state index is -4.40. The predicted molar refractivity (Wildman–Crippen MR) is 80.4 cm³/mol. The molecule has 0 unspecified atom stereocenters. The normalized spacial score (nSPS) is 11.8. The van der Waals surface area contributed by atoms with E-state index in [0.717, 1.165) is 17.7 Å². The Labute approximate surface area is 126 Å². The number of hydrogen-bond donors (Lipinski definition) is 2. The average molecular weight is 310 g/mol. The topological polar surface area (TPSA) is 63.8 Å². The van der Waals surface area contributed by atoms with Gasteiger partial charge < -0.3 is 11.1 Å². The van der Waals surface area contributed by atoms with E-state index in [2.05, 4.69) is 15.5 Å². The van der Waals surface area contributed by atoms with Crippen LogP contribution in [0.4, 0.5) is 24.7 Å². The molecule has 0 radical (unpaired) electrons. The van der Waals surface area contributed by atoms with Gasteiger partial charge >= 0.3 is 6.18 Å². The van der Waals surface area contributed by atoms with Crippen LogP contribution in [0.2, 0.25) is 0 Å². The molecule has 3 N–H and O–H groups in total. The van der Waals surface area contributed by atoms with Crippen LogP contribution < -0.4 is 11.1 Å². The van der Waals surface area contributed by atoms with Crippen LogP contribution in [0.1, 0.15) is 25.0 Å². The highest BCUT2D eigenvalue weighted by atomic mass is 19.4. The van der Waals surface area contributed by atoms with Crippen molar-refractivity contribution in [2.75, 3.05) is 11.1 Å². The standard InChI is InChI=1S/C15H17F3N4/c1-8(2)20-12-7-10(15(16,17)18)4-5-11(12)14-9(3)6-13(19)21-22-14/h4-8,20H,1-3H3,(H2,19,21). The van der Waals surface area contributed by atoms with Crippen LogP contribution in [0.15, 0.2) is 24.3 Å². The summed E-state index contributed by atoms with van der Waals surface area (Å²) < 4.78 is 38.7. The van der Waals surface area contributed by atoms with Crippen molar-refractivity contribution >= 4 is 11.5 Å². The van der Waals surface area contributed by atoms with E-state index >= 15 is 0 Å². The summed E-state index contributed by atoms with van der Waals surface area (Å²) in [4.78, 5) is 0. The highest BCUT2D eigenvalue weighted by Gasteiger charge is 2.31. The molecule has 0 saturated heterocycles. The van der Waals surface area contributed by atoms with Crippen LogP contribution in [0.25, 0.3) is 11.3 Å². The molecule has 4 nitrogen and oxygen atoms in total. The van der Waals surface area contributed by atoms with Crippen LogP contribution in [0, 0.1) is 6.92 Å². The summed E-state index contributed by atoms with van der Waals surface area (Å²) in [7, 11) is 0. The smallest absolute Gasteiger partial charge is 0.382 e. The minimum Gasteiger partial charge on any atom is -0.382 e. The van der Waals surface area contributed by atoms with Crippen molar-refractivity contribution in [3.05, 3.63) is 35.4 Å². The molecule has 0 aliphatic heterocycles. The van der Waals surface area contributed by atoms with E-state index in [1.807, 2.05) is 13.8 Å². The Bertz CT molecular complexity index is 681. The highest BCUT2D eigenvalue weighted by Crippen LogP contribution is 2.36. The molecule has 0 aliphatic carbocycles. The van der Waals surface area contributed by atoms with Gasteiger partial charge in [-0.05, 0) is 44.5 Å². The maximum absolute atomic E-state index is 12.9. The van der Waals surface area contributed by atoms with Gasteiger partial charge in [-0.25, -0.2) is 0 Å². The fraction of sp³-hybridized carbons (Fsp3) is 0.333. The Morgan fingerprint density at radius 1 is 1.14 bits per heavy atom. The molecular weight excluding hydrogens is 293 g/mol. The van der Waals surface area contributed by atoms with E-state index in [1.54, 1.807) is 13.0 Å². The van der Waals surface area contributed by atoms with Crippen molar-refractivity contribution in [3.8, 4) is 11.3 Å². The molecule has 0 amide bonds. The Morgan fingerprint density at radius 3 is 2.36 bits per heavy atom. The number of nitrogens with one attached hydrogen (secondary N) is 1. The summed E-state index contributed by atoms with van der Waals surface area (Å²) >= 11 is 0. The third-order valence-corrected chi connectivity index (χ3v) is 3.05. The van der Waals surface area contributed by atoms with Gasteiger partial charge in [0.1, 0.15) is 5.82 Å². The van der Waals surface area contributed by atoms with Crippen molar-refractivity contribution in [1.29, 1.82) is 0 Å². The molecule has 0 atom stereocenters. The number of hydrogen-bond acceptors (Lipinski definition) is 4. The van der Waals surface area contributed by atoms with Crippen LogP contribution >= 0.6 is 0 Å². The number of nitrogens with zero attached hydrogens (tertiary/aromatic N) is 2. The zero-order valence-corrected chi connectivity index (χ0v) is 12.5. The fourth-order valence-corrected chi connectivity index (χ4v) is 2.13. The number of anilines is 2. The van der Waals surface area contributed by atoms with Crippen molar-refractivity contribution in [2.45, 2.75) is 33.0 Å². The zero-order valence-electron chi connectivity index (χ0n) is 12.5. The number of nitrogens with two attached hydrogens (primary N) is 1. The molecule has 1 heterocycles. The fourth-order valence-electron chi connectivity index (χ4n) is 2.13. The Morgan fingerprint density at radius 2 is 1.82 bits per heavy atom. The average Bonchev–Trinajstić information content (AvgIpc) is 2.37. The van der Waals surface area contributed by atoms with Crippen molar-refractivity contribution in [1.82, 2.24) is 10.2 Å². The molecule has 0 saturated carbocycles. The predicted octanol–water partition coefficient (Wildman–Crippen LogP) is 3.87. The van der Waals surface area contributed by atoms with E-state index in [1.165, 1.54) is 6.07 Å². The summed E-state index contributed by atoms with van der Waals surface area (Å²) in [6.07, 6.45) is -4.40. The van der Waals surface area contributed by atoms with Crippen molar-refractivity contribution in [2.24, 2.45) is 0 Å². The van der Waals surface area contributed by atoms with Crippen LogP contribution in [0.3, 0.4) is 0 Å². The summed E-state index contributed by atoms with van der Waals surface area (Å²) in [6.45, 7) is 5.49. The molecule has 7 heteroatoms. The SMILES string of the molecule is Cc1cc(N)nnc1-c1ccc(C(F)(F)F)cc1NC(C)C. The number of halogens is 3. The second-order valence-corrected chi connectivity index (χ2v) is 5.36. The summed E-state index contributed by atoms with van der Waals surface area (Å²) in [6, 6.07) is 5.15. The maximum atomic E-state index is 12.9. The first-order chi connectivity index (χ1) is 10.2. The molecule has 2 rings (SSSR count). The summed E-state index contributed by atoms with van der Waals surface area (Å²) in [5, 5.41) is 10.8. The number of alkyl halides is 3. The molecule has 1 aromatic carbocycles.